The van der Waals surface area contributed by atoms with Crippen LogP contribution in [0.5, 0.6) is 0 Å². The lowest BCUT2D eigenvalue weighted by Gasteiger charge is -2.63. The van der Waals surface area contributed by atoms with Crippen molar-refractivity contribution < 1.29 is 0 Å². The Morgan fingerprint density at radius 2 is 0.571 bits per heavy atom. The molecule has 0 saturated heterocycles. The van der Waals surface area contributed by atoms with E-state index in [1.165, 1.54) is 0 Å². The maximum absolute atomic E-state index is 2.56. The second-order valence-electron chi connectivity index (χ2n) is 10.6. The van der Waals surface area contributed by atoms with E-state index in [-0.39, 0.29) is 10.1 Å². The summed E-state index contributed by atoms with van der Waals surface area (Å²) in [7, 11) is -3.40. The summed E-state index contributed by atoms with van der Waals surface area (Å²) < 4.78 is 0. The minimum Gasteiger partial charge on any atom is -0.0682 e. The molecule has 3 aromatic carbocycles. The molecule has 0 radical (unpaired) electrons. The molecule has 142 valence electrons. The van der Waals surface area contributed by atoms with Gasteiger partial charge in [0.25, 0.3) is 0 Å². The average molecular weight is 399 g/mol. The number of hydrogen-bond acceptors (Lipinski definition) is 0. The van der Waals surface area contributed by atoms with Crippen molar-refractivity contribution in [3.05, 3.63) is 106 Å². The van der Waals surface area contributed by atoms with Crippen molar-refractivity contribution in [1.82, 2.24) is 0 Å². The molecule has 2 heteroatoms. The van der Waals surface area contributed by atoms with Crippen LogP contribution in [0.4, 0.5) is 0 Å². The highest BCUT2D eigenvalue weighted by Crippen LogP contribution is 2.66. The first-order chi connectivity index (χ1) is 13.2. The SMILES string of the molecule is C[Si](C)(C)C12c3ccccc3C([Si](C)(C)C)(c3ccccc31)c1ccccc12. The zero-order valence-corrected chi connectivity index (χ0v) is 19.9. The molecule has 0 atom stereocenters. The third-order valence-corrected chi connectivity index (χ3v) is 13.6. The summed E-state index contributed by atoms with van der Waals surface area (Å²) in [4.78, 5) is 0. The lowest BCUT2D eigenvalue weighted by atomic mass is 9.59. The Balaban J connectivity index is 2.13. The summed E-state index contributed by atoms with van der Waals surface area (Å²) in [5, 5.41) is 0.0519. The van der Waals surface area contributed by atoms with Crippen molar-refractivity contribution in [2.75, 3.05) is 0 Å². The Morgan fingerprint density at radius 1 is 0.393 bits per heavy atom. The van der Waals surface area contributed by atoms with Gasteiger partial charge in [-0.05, 0) is 33.4 Å². The van der Waals surface area contributed by atoms with Crippen LogP contribution in [0, 0.1) is 0 Å². The van der Waals surface area contributed by atoms with Gasteiger partial charge in [-0.2, -0.15) is 0 Å². The summed E-state index contributed by atoms with van der Waals surface area (Å²) >= 11 is 0. The Kier molecular flexibility index (Phi) is 3.48. The van der Waals surface area contributed by atoms with Crippen LogP contribution in [-0.2, 0) is 10.1 Å². The molecule has 0 spiro atoms. The van der Waals surface area contributed by atoms with Gasteiger partial charge < -0.3 is 0 Å². The Hall–Kier alpha value is -1.91. The average Bonchev–Trinajstić information content (AvgIpc) is 2.65. The van der Waals surface area contributed by atoms with Crippen LogP contribution in [0.15, 0.2) is 72.8 Å². The predicted molar refractivity (Wildman–Crippen MR) is 126 cm³/mol. The van der Waals surface area contributed by atoms with Gasteiger partial charge in [0.05, 0.1) is 16.1 Å². The molecule has 0 fully saturated rings. The van der Waals surface area contributed by atoms with Gasteiger partial charge >= 0.3 is 0 Å². The van der Waals surface area contributed by atoms with E-state index in [4.69, 9.17) is 0 Å². The monoisotopic (exact) mass is 398 g/mol. The van der Waals surface area contributed by atoms with Gasteiger partial charge in [-0.1, -0.05) is 112 Å². The van der Waals surface area contributed by atoms with Crippen molar-refractivity contribution in [2.45, 2.75) is 49.4 Å². The van der Waals surface area contributed by atoms with Crippen molar-refractivity contribution in [2.24, 2.45) is 0 Å². The van der Waals surface area contributed by atoms with E-state index in [0.717, 1.165) is 0 Å². The highest BCUT2D eigenvalue weighted by atomic mass is 28.3. The fourth-order valence-corrected chi connectivity index (χ4v) is 12.9. The van der Waals surface area contributed by atoms with Gasteiger partial charge in [0.1, 0.15) is 0 Å². The molecule has 2 bridgehead atoms. The molecule has 0 aromatic heterocycles. The molecule has 0 unspecified atom stereocenters. The summed E-state index contributed by atoms with van der Waals surface area (Å²) in [6, 6.07) is 28.3. The van der Waals surface area contributed by atoms with Gasteiger partial charge in [-0.25, -0.2) is 0 Å². The van der Waals surface area contributed by atoms with Gasteiger partial charge in [0.15, 0.2) is 0 Å². The number of hydrogen-bond donors (Lipinski definition) is 0. The van der Waals surface area contributed by atoms with Crippen LogP contribution in [0.2, 0.25) is 39.3 Å². The van der Waals surface area contributed by atoms with Gasteiger partial charge in [0.2, 0.25) is 0 Å². The van der Waals surface area contributed by atoms with E-state index in [0.29, 0.717) is 0 Å². The zero-order chi connectivity index (χ0) is 19.9. The summed E-state index contributed by atoms with van der Waals surface area (Å²) in [6.07, 6.45) is 0. The number of benzene rings is 3. The smallest absolute Gasteiger partial charge is 0.0668 e. The van der Waals surface area contributed by atoms with Gasteiger partial charge in [0, 0.05) is 10.1 Å². The standard InChI is InChI=1S/C26H30Si2/c1-27(2,3)25-19-13-7-10-16-22(19)26(28(4,5)6,23-17-11-8-14-20(23)25)24-18-12-9-15-21(24)25/h7-18H,1-6H3. The third kappa shape index (κ3) is 1.77. The maximum Gasteiger partial charge on any atom is 0.0668 e. The maximum atomic E-state index is 2.56. The predicted octanol–water partition coefficient (Wildman–Crippen LogP) is 6.74. The molecule has 0 amide bonds. The van der Waals surface area contributed by atoms with Crippen LogP contribution in [0.1, 0.15) is 33.4 Å². The van der Waals surface area contributed by atoms with Crippen LogP contribution in [0.25, 0.3) is 0 Å². The summed E-state index contributed by atoms with van der Waals surface area (Å²) in [6.45, 7) is 15.4. The minimum absolute atomic E-state index is 0.0260. The minimum atomic E-state index is -1.70. The van der Waals surface area contributed by atoms with E-state index in [1.54, 1.807) is 33.4 Å². The molecule has 3 aromatic rings. The van der Waals surface area contributed by atoms with E-state index < -0.39 is 16.1 Å². The second-order valence-corrected chi connectivity index (χ2v) is 21.1. The van der Waals surface area contributed by atoms with E-state index in [9.17, 15) is 0 Å². The van der Waals surface area contributed by atoms with Crippen molar-refractivity contribution in [1.29, 1.82) is 0 Å². The topological polar surface area (TPSA) is 0 Å². The third-order valence-electron chi connectivity index (χ3n) is 7.46. The van der Waals surface area contributed by atoms with Gasteiger partial charge in [-0.3, -0.25) is 0 Å². The molecule has 0 N–H and O–H groups in total. The fourth-order valence-electron chi connectivity index (χ4n) is 6.71. The van der Waals surface area contributed by atoms with Gasteiger partial charge in [-0.15, -0.1) is 0 Å². The van der Waals surface area contributed by atoms with E-state index in [1.807, 2.05) is 0 Å². The summed E-state index contributed by atoms with van der Waals surface area (Å²) in [5.41, 5.74) is 9.55. The Labute approximate surface area is 171 Å². The van der Waals surface area contributed by atoms with Crippen LogP contribution >= 0.6 is 0 Å². The zero-order valence-electron chi connectivity index (χ0n) is 17.9. The van der Waals surface area contributed by atoms with Crippen molar-refractivity contribution >= 4 is 16.1 Å². The molecular formula is C26H30Si2. The van der Waals surface area contributed by atoms with E-state index >= 15 is 0 Å². The Bertz CT molecular complexity index is 890. The molecule has 0 saturated carbocycles. The molecule has 0 heterocycles. The fraction of sp³-hybridized carbons (Fsp3) is 0.308. The molecule has 6 rings (SSSR count). The molecule has 0 aliphatic heterocycles. The highest BCUT2D eigenvalue weighted by molar-refractivity contribution is 6.83. The number of rotatable bonds is 2. The summed E-state index contributed by atoms with van der Waals surface area (Å²) in [5.74, 6) is 0. The second kappa shape index (κ2) is 5.37. The van der Waals surface area contributed by atoms with Crippen molar-refractivity contribution in [3.8, 4) is 0 Å². The highest BCUT2D eigenvalue weighted by Gasteiger charge is 2.65. The lowest BCUT2D eigenvalue weighted by molar-refractivity contribution is 0.627. The largest absolute Gasteiger partial charge is 0.0682 e. The molecule has 3 aliphatic carbocycles. The van der Waals surface area contributed by atoms with Crippen LogP contribution in [-0.4, -0.2) is 16.1 Å². The molecule has 0 nitrogen and oxygen atoms in total. The van der Waals surface area contributed by atoms with Crippen LogP contribution < -0.4 is 0 Å². The lowest BCUT2D eigenvalue weighted by Crippen LogP contribution is -2.66. The van der Waals surface area contributed by atoms with Crippen molar-refractivity contribution in [3.63, 3.8) is 0 Å². The quantitative estimate of drug-likeness (QED) is 0.419. The first kappa shape index (κ1) is 18.1. The molecule has 28 heavy (non-hydrogen) atoms. The normalized spacial score (nSPS) is 25.1. The molecule has 3 aliphatic rings. The Morgan fingerprint density at radius 3 is 0.714 bits per heavy atom. The first-order valence-corrected chi connectivity index (χ1v) is 17.5. The van der Waals surface area contributed by atoms with Crippen LogP contribution in [0.3, 0.4) is 0 Å². The first-order valence-electron chi connectivity index (χ1n) is 10.5. The van der Waals surface area contributed by atoms with E-state index in [2.05, 4.69) is 112 Å². The molecular weight excluding hydrogens is 368 g/mol.